The quantitative estimate of drug-likeness (QED) is 0.595. The Kier molecular flexibility index (Phi) is 5.37. The summed E-state index contributed by atoms with van der Waals surface area (Å²) in [5, 5.41) is 3.94. The summed E-state index contributed by atoms with van der Waals surface area (Å²) in [6, 6.07) is 14.7. The third kappa shape index (κ3) is 4.18. The van der Waals surface area contributed by atoms with Gasteiger partial charge in [-0.05, 0) is 42.7 Å². The van der Waals surface area contributed by atoms with Gasteiger partial charge in [0.1, 0.15) is 0 Å². The molecule has 1 aromatic heterocycles. The van der Waals surface area contributed by atoms with Gasteiger partial charge in [0.15, 0.2) is 6.61 Å². The second-order valence-corrected chi connectivity index (χ2v) is 6.83. The molecule has 0 aliphatic carbocycles. The lowest BCUT2D eigenvalue weighted by Crippen LogP contribution is -2.23. The fourth-order valence-electron chi connectivity index (χ4n) is 3.23. The number of carbonyl (C=O) groups is 2. The molecule has 7 heteroatoms. The van der Waals surface area contributed by atoms with Crippen molar-refractivity contribution in [2.75, 3.05) is 11.4 Å². The molecule has 0 atom stereocenters. The van der Waals surface area contributed by atoms with Gasteiger partial charge in [0, 0.05) is 24.2 Å². The summed E-state index contributed by atoms with van der Waals surface area (Å²) < 4.78 is 10.4. The van der Waals surface area contributed by atoms with E-state index in [4.69, 9.17) is 9.26 Å². The number of aryl methyl sites for hydroxylation is 1. The first kappa shape index (κ1) is 18.9. The normalized spacial score (nSPS) is 13.7. The number of aromatic nitrogens is 2. The Morgan fingerprint density at radius 3 is 2.55 bits per heavy atom. The zero-order chi connectivity index (χ0) is 20.2. The Morgan fingerprint density at radius 1 is 1.14 bits per heavy atom. The molecule has 0 spiro atoms. The SMILES string of the molecule is CCc1ccc(-c2noc(COC(=O)c3ccc(N4CCCC4=O)cc3)n2)cc1. The molecule has 0 unspecified atom stereocenters. The number of esters is 1. The van der Waals surface area contributed by atoms with Gasteiger partial charge in [0.2, 0.25) is 11.7 Å². The van der Waals surface area contributed by atoms with Crippen molar-refractivity contribution in [1.82, 2.24) is 10.1 Å². The molecule has 7 nitrogen and oxygen atoms in total. The Morgan fingerprint density at radius 2 is 1.90 bits per heavy atom. The molecule has 1 aliphatic rings. The molecular weight excluding hydrogens is 370 g/mol. The Bertz CT molecular complexity index is 1010. The van der Waals surface area contributed by atoms with Crippen LogP contribution in [-0.4, -0.2) is 28.6 Å². The molecule has 148 valence electrons. The van der Waals surface area contributed by atoms with Crippen molar-refractivity contribution in [3.05, 3.63) is 65.5 Å². The van der Waals surface area contributed by atoms with Crippen LogP contribution < -0.4 is 4.90 Å². The maximum atomic E-state index is 12.3. The summed E-state index contributed by atoms with van der Waals surface area (Å²) in [7, 11) is 0. The topological polar surface area (TPSA) is 85.5 Å². The van der Waals surface area contributed by atoms with Crippen LogP contribution in [0.1, 0.15) is 41.6 Å². The van der Waals surface area contributed by atoms with Crippen LogP contribution in [0, 0.1) is 0 Å². The zero-order valence-corrected chi connectivity index (χ0v) is 16.1. The van der Waals surface area contributed by atoms with Gasteiger partial charge in [0.05, 0.1) is 5.56 Å². The predicted octanol–water partition coefficient (Wildman–Crippen LogP) is 3.78. The van der Waals surface area contributed by atoms with Gasteiger partial charge in [-0.2, -0.15) is 4.98 Å². The largest absolute Gasteiger partial charge is 0.452 e. The first-order chi connectivity index (χ1) is 14.1. The molecule has 3 aromatic rings. The Balaban J connectivity index is 1.36. The molecule has 29 heavy (non-hydrogen) atoms. The third-order valence-corrected chi connectivity index (χ3v) is 4.90. The lowest BCUT2D eigenvalue weighted by Gasteiger charge is -2.15. The van der Waals surface area contributed by atoms with E-state index >= 15 is 0 Å². The molecule has 4 rings (SSSR count). The second-order valence-electron chi connectivity index (χ2n) is 6.83. The number of ether oxygens (including phenoxy) is 1. The lowest BCUT2D eigenvalue weighted by molar-refractivity contribution is -0.117. The van der Waals surface area contributed by atoms with Gasteiger partial charge in [0.25, 0.3) is 5.89 Å². The van der Waals surface area contributed by atoms with Crippen LogP contribution in [0.5, 0.6) is 0 Å². The molecule has 1 amide bonds. The van der Waals surface area contributed by atoms with Crippen molar-refractivity contribution in [2.45, 2.75) is 32.8 Å². The number of benzene rings is 2. The van der Waals surface area contributed by atoms with Crippen LogP contribution in [-0.2, 0) is 22.6 Å². The smallest absolute Gasteiger partial charge is 0.338 e. The highest BCUT2D eigenvalue weighted by molar-refractivity contribution is 5.96. The zero-order valence-electron chi connectivity index (χ0n) is 16.1. The summed E-state index contributed by atoms with van der Waals surface area (Å²) in [6.07, 6.45) is 2.39. The lowest BCUT2D eigenvalue weighted by atomic mass is 10.1. The molecule has 1 saturated heterocycles. The highest BCUT2D eigenvalue weighted by Gasteiger charge is 2.22. The molecule has 2 heterocycles. The Labute approximate surface area is 168 Å². The van der Waals surface area contributed by atoms with Crippen LogP contribution in [0.3, 0.4) is 0 Å². The maximum Gasteiger partial charge on any atom is 0.338 e. The summed E-state index contributed by atoms with van der Waals surface area (Å²) in [5.74, 6) is 0.304. The van der Waals surface area contributed by atoms with Crippen LogP contribution in [0.2, 0.25) is 0 Å². The third-order valence-electron chi connectivity index (χ3n) is 4.90. The second kappa shape index (κ2) is 8.26. The first-order valence-corrected chi connectivity index (χ1v) is 9.63. The van der Waals surface area contributed by atoms with Crippen LogP contribution >= 0.6 is 0 Å². The number of rotatable bonds is 6. The average molecular weight is 391 g/mol. The van der Waals surface area contributed by atoms with E-state index < -0.39 is 5.97 Å². The highest BCUT2D eigenvalue weighted by Crippen LogP contribution is 2.22. The number of carbonyl (C=O) groups excluding carboxylic acids is 2. The van der Waals surface area contributed by atoms with Crippen LogP contribution in [0.15, 0.2) is 53.1 Å². The van der Waals surface area contributed by atoms with Crippen molar-refractivity contribution in [3.63, 3.8) is 0 Å². The number of amides is 1. The molecule has 0 saturated carbocycles. The minimum Gasteiger partial charge on any atom is -0.452 e. The summed E-state index contributed by atoms with van der Waals surface area (Å²) in [6.45, 7) is 2.70. The number of hydrogen-bond donors (Lipinski definition) is 0. The monoisotopic (exact) mass is 391 g/mol. The first-order valence-electron chi connectivity index (χ1n) is 9.63. The fraction of sp³-hybridized carbons (Fsp3) is 0.273. The summed E-state index contributed by atoms with van der Waals surface area (Å²) in [4.78, 5) is 30.1. The maximum absolute atomic E-state index is 12.3. The minimum absolute atomic E-state index is 0.106. The van der Waals surface area contributed by atoms with E-state index in [0.717, 1.165) is 24.1 Å². The molecule has 1 aliphatic heterocycles. The fourth-order valence-corrected chi connectivity index (χ4v) is 3.23. The molecule has 0 radical (unpaired) electrons. The van der Waals surface area contributed by atoms with Gasteiger partial charge in [-0.25, -0.2) is 4.79 Å². The van der Waals surface area contributed by atoms with Crippen molar-refractivity contribution in [1.29, 1.82) is 0 Å². The molecule has 0 bridgehead atoms. The summed E-state index contributed by atoms with van der Waals surface area (Å²) >= 11 is 0. The van der Waals surface area contributed by atoms with Crippen molar-refractivity contribution in [3.8, 4) is 11.4 Å². The van der Waals surface area contributed by atoms with E-state index in [1.165, 1.54) is 5.56 Å². The van der Waals surface area contributed by atoms with E-state index in [2.05, 4.69) is 17.1 Å². The average Bonchev–Trinajstić information content (AvgIpc) is 3.41. The van der Waals surface area contributed by atoms with Gasteiger partial charge in [-0.3, -0.25) is 4.79 Å². The predicted molar refractivity (Wildman–Crippen MR) is 106 cm³/mol. The van der Waals surface area contributed by atoms with Crippen molar-refractivity contribution >= 4 is 17.6 Å². The van der Waals surface area contributed by atoms with Crippen LogP contribution in [0.25, 0.3) is 11.4 Å². The van der Waals surface area contributed by atoms with E-state index in [0.29, 0.717) is 24.4 Å². The molecule has 1 fully saturated rings. The minimum atomic E-state index is -0.489. The van der Waals surface area contributed by atoms with Gasteiger partial charge < -0.3 is 14.2 Å². The highest BCUT2D eigenvalue weighted by atomic mass is 16.6. The van der Waals surface area contributed by atoms with Gasteiger partial charge >= 0.3 is 5.97 Å². The van der Waals surface area contributed by atoms with Crippen LogP contribution in [0.4, 0.5) is 5.69 Å². The van der Waals surface area contributed by atoms with E-state index in [-0.39, 0.29) is 18.4 Å². The van der Waals surface area contributed by atoms with E-state index in [9.17, 15) is 9.59 Å². The van der Waals surface area contributed by atoms with Gasteiger partial charge in [-0.15, -0.1) is 0 Å². The number of nitrogens with zero attached hydrogens (tertiary/aromatic N) is 3. The molecular formula is C22H21N3O4. The molecule has 0 N–H and O–H groups in total. The van der Waals surface area contributed by atoms with E-state index in [1.54, 1.807) is 29.2 Å². The van der Waals surface area contributed by atoms with Gasteiger partial charge in [-0.1, -0.05) is 36.3 Å². The van der Waals surface area contributed by atoms with Crippen molar-refractivity contribution < 1.29 is 18.8 Å². The Hall–Kier alpha value is -3.48. The van der Waals surface area contributed by atoms with Crippen molar-refractivity contribution in [2.24, 2.45) is 0 Å². The number of hydrogen-bond acceptors (Lipinski definition) is 6. The number of anilines is 1. The molecule has 2 aromatic carbocycles. The standard InChI is InChI=1S/C22H21N3O4/c1-2-15-5-7-16(8-6-15)21-23-19(29-24-21)14-28-22(27)17-9-11-18(12-10-17)25-13-3-4-20(25)26/h5-12H,2-4,13-14H2,1H3. The summed E-state index contributed by atoms with van der Waals surface area (Å²) in [5.41, 5.74) is 3.26. The van der Waals surface area contributed by atoms with E-state index in [1.807, 2.05) is 24.3 Å².